The van der Waals surface area contributed by atoms with Gasteiger partial charge in [-0.05, 0) is 89.3 Å². The van der Waals surface area contributed by atoms with E-state index in [0.29, 0.717) is 16.6 Å². The standard InChI is InChI=1S/C28H20INO5S/c1-33-24-16-19(10-15-23(24)35-27(31)18-6-11-20(29)12-7-18)28(32)34-21-13-8-17(9-14-21)26-30-22-4-2-3-5-25(22)36-26/h2-16,22,25H,1H3/t22?,25-/m1/s1. The van der Waals surface area contributed by atoms with E-state index in [1.165, 1.54) is 25.3 Å². The molecular formula is C28H20INO5S. The van der Waals surface area contributed by atoms with Crippen molar-refractivity contribution in [2.45, 2.75) is 11.3 Å². The molecule has 0 radical (unpaired) electrons. The molecule has 3 aromatic carbocycles. The normalized spacial score (nSPS) is 17.8. The lowest BCUT2D eigenvalue weighted by molar-refractivity contribution is 0.0728. The number of rotatable bonds is 6. The lowest BCUT2D eigenvalue weighted by atomic mass is 10.1. The van der Waals surface area contributed by atoms with Gasteiger partial charge in [-0.15, -0.1) is 0 Å². The molecule has 2 atom stereocenters. The molecule has 0 aromatic heterocycles. The van der Waals surface area contributed by atoms with Crippen molar-refractivity contribution in [3.8, 4) is 17.2 Å². The quantitative estimate of drug-likeness (QED) is 0.191. The molecule has 36 heavy (non-hydrogen) atoms. The van der Waals surface area contributed by atoms with Crippen LogP contribution in [0.3, 0.4) is 0 Å². The van der Waals surface area contributed by atoms with Crippen molar-refractivity contribution in [2.75, 3.05) is 7.11 Å². The topological polar surface area (TPSA) is 74.2 Å². The second-order valence-electron chi connectivity index (χ2n) is 7.95. The van der Waals surface area contributed by atoms with Gasteiger partial charge in [0.25, 0.3) is 0 Å². The number of ether oxygens (including phenoxy) is 3. The Kier molecular flexibility index (Phi) is 7.24. The largest absolute Gasteiger partial charge is 0.493 e. The number of hydrogen-bond acceptors (Lipinski definition) is 7. The predicted octanol–water partition coefficient (Wildman–Crippen LogP) is 6.09. The van der Waals surface area contributed by atoms with Crippen molar-refractivity contribution in [3.05, 3.63) is 111 Å². The fraction of sp³-hybridized carbons (Fsp3) is 0.107. The summed E-state index contributed by atoms with van der Waals surface area (Å²) in [6.07, 6.45) is 8.32. The highest BCUT2D eigenvalue weighted by Gasteiger charge is 2.28. The predicted molar refractivity (Wildman–Crippen MR) is 148 cm³/mol. The van der Waals surface area contributed by atoms with E-state index in [4.69, 9.17) is 19.2 Å². The van der Waals surface area contributed by atoms with Crippen LogP contribution in [0.1, 0.15) is 26.3 Å². The van der Waals surface area contributed by atoms with Crippen LogP contribution in [-0.4, -0.2) is 35.4 Å². The maximum atomic E-state index is 12.8. The molecule has 5 rings (SSSR count). The molecular weight excluding hydrogens is 589 g/mol. The second-order valence-corrected chi connectivity index (χ2v) is 10.4. The van der Waals surface area contributed by atoms with Crippen molar-refractivity contribution in [3.63, 3.8) is 0 Å². The van der Waals surface area contributed by atoms with E-state index < -0.39 is 11.9 Å². The van der Waals surface area contributed by atoms with Crippen LogP contribution >= 0.6 is 34.4 Å². The third-order valence-electron chi connectivity index (χ3n) is 5.56. The van der Waals surface area contributed by atoms with Gasteiger partial charge in [-0.1, -0.05) is 36.1 Å². The Hall–Kier alpha value is -3.37. The Balaban J connectivity index is 1.25. The maximum absolute atomic E-state index is 12.8. The molecule has 0 saturated heterocycles. The summed E-state index contributed by atoms with van der Waals surface area (Å²) in [6.45, 7) is 0. The Labute approximate surface area is 226 Å². The molecule has 1 aliphatic carbocycles. The van der Waals surface area contributed by atoms with E-state index in [2.05, 4.69) is 34.7 Å². The van der Waals surface area contributed by atoms with Gasteiger partial charge >= 0.3 is 11.9 Å². The van der Waals surface area contributed by atoms with Gasteiger partial charge < -0.3 is 14.2 Å². The zero-order valence-electron chi connectivity index (χ0n) is 19.1. The Morgan fingerprint density at radius 1 is 0.833 bits per heavy atom. The minimum absolute atomic E-state index is 0.168. The molecule has 1 aliphatic heterocycles. The van der Waals surface area contributed by atoms with Gasteiger partial charge in [0.2, 0.25) is 0 Å². The lowest BCUT2D eigenvalue weighted by Gasteiger charge is -2.11. The summed E-state index contributed by atoms with van der Waals surface area (Å²) in [4.78, 5) is 30.0. The number of halogens is 1. The van der Waals surface area contributed by atoms with E-state index >= 15 is 0 Å². The number of esters is 2. The maximum Gasteiger partial charge on any atom is 0.343 e. The van der Waals surface area contributed by atoms with Crippen LogP contribution in [0.2, 0.25) is 0 Å². The van der Waals surface area contributed by atoms with Crippen LogP contribution in [0.25, 0.3) is 0 Å². The number of nitrogens with zero attached hydrogens (tertiary/aromatic N) is 1. The van der Waals surface area contributed by atoms with Gasteiger partial charge in [0.15, 0.2) is 11.5 Å². The number of benzene rings is 3. The minimum Gasteiger partial charge on any atom is -0.493 e. The third kappa shape index (κ3) is 5.39. The number of allylic oxidation sites excluding steroid dienone is 2. The first kappa shape index (κ1) is 24.3. The van der Waals surface area contributed by atoms with Crippen LogP contribution in [0, 0.1) is 3.57 Å². The summed E-state index contributed by atoms with van der Waals surface area (Å²) < 4.78 is 17.4. The van der Waals surface area contributed by atoms with Crippen LogP contribution in [0.5, 0.6) is 17.2 Å². The number of carbonyl (C=O) groups excluding carboxylic acids is 2. The first-order valence-corrected chi connectivity index (χ1v) is 13.0. The molecule has 0 N–H and O–H groups in total. The van der Waals surface area contributed by atoms with E-state index in [1.807, 2.05) is 36.4 Å². The van der Waals surface area contributed by atoms with Gasteiger partial charge in [0, 0.05) is 9.13 Å². The number of aliphatic imine (C=N–C) groups is 1. The van der Waals surface area contributed by atoms with E-state index in [0.717, 1.165) is 14.2 Å². The first-order chi connectivity index (χ1) is 17.5. The summed E-state index contributed by atoms with van der Waals surface area (Å²) in [5.41, 5.74) is 1.67. The van der Waals surface area contributed by atoms with Gasteiger partial charge in [0.05, 0.1) is 34.6 Å². The molecule has 1 unspecified atom stereocenters. The molecule has 0 fully saturated rings. The highest BCUT2D eigenvalue weighted by atomic mass is 127. The number of carbonyl (C=O) groups is 2. The summed E-state index contributed by atoms with van der Waals surface area (Å²) >= 11 is 3.89. The number of fused-ring (bicyclic) bond motifs is 1. The van der Waals surface area contributed by atoms with Crippen molar-refractivity contribution in [2.24, 2.45) is 4.99 Å². The molecule has 6 nitrogen and oxygen atoms in total. The fourth-order valence-corrected chi connectivity index (χ4v) is 5.23. The number of hydrogen-bond donors (Lipinski definition) is 0. The van der Waals surface area contributed by atoms with Crippen molar-refractivity contribution < 1.29 is 23.8 Å². The summed E-state index contributed by atoms with van der Waals surface area (Å²) in [6, 6.07) is 19.0. The van der Waals surface area contributed by atoms with Gasteiger partial charge in [-0.3, -0.25) is 4.99 Å². The van der Waals surface area contributed by atoms with Gasteiger partial charge in [-0.25, -0.2) is 9.59 Å². The van der Waals surface area contributed by atoms with Crippen LogP contribution in [0.15, 0.2) is 96.0 Å². The van der Waals surface area contributed by atoms with Crippen LogP contribution < -0.4 is 14.2 Å². The lowest BCUT2D eigenvalue weighted by Crippen LogP contribution is -2.13. The van der Waals surface area contributed by atoms with Crippen molar-refractivity contribution in [1.82, 2.24) is 0 Å². The molecule has 0 spiro atoms. The molecule has 0 saturated carbocycles. The smallest absolute Gasteiger partial charge is 0.343 e. The Morgan fingerprint density at radius 2 is 1.53 bits per heavy atom. The Morgan fingerprint density at radius 3 is 2.25 bits per heavy atom. The van der Waals surface area contributed by atoms with Crippen LogP contribution in [-0.2, 0) is 0 Å². The summed E-state index contributed by atoms with van der Waals surface area (Å²) in [5, 5.41) is 1.30. The number of thioether (sulfide) groups is 1. The van der Waals surface area contributed by atoms with Gasteiger partial charge in [-0.2, -0.15) is 0 Å². The molecule has 2 aliphatic rings. The zero-order valence-corrected chi connectivity index (χ0v) is 22.1. The number of methoxy groups -OCH3 is 1. The first-order valence-electron chi connectivity index (χ1n) is 11.1. The molecule has 0 amide bonds. The molecule has 0 bridgehead atoms. The van der Waals surface area contributed by atoms with Gasteiger partial charge in [0.1, 0.15) is 5.75 Å². The zero-order chi connectivity index (χ0) is 25.1. The average Bonchev–Trinajstić information content (AvgIpc) is 3.34. The minimum atomic E-state index is -0.551. The van der Waals surface area contributed by atoms with E-state index in [1.54, 1.807) is 36.0 Å². The van der Waals surface area contributed by atoms with Crippen molar-refractivity contribution >= 4 is 51.3 Å². The second kappa shape index (κ2) is 10.7. The SMILES string of the molecule is COc1cc(C(=O)Oc2ccc(C3=NC4C=CC=C[C@H]4S3)cc2)ccc1OC(=O)c1ccc(I)cc1. The molecule has 180 valence electrons. The monoisotopic (exact) mass is 609 g/mol. The highest BCUT2D eigenvalue weighted by Crippen LogP contribution is 2.34. The summed E-state index contributed by atoms with van der Waals surface area (Å²) in [7, 11) is 1.44. The van der Waals surface area contributed by atoms with Crippen molar-refractivity contribution in [1.29, 1.82) is 0 Å². The molecule has 1 heterocycles. The summed E-state index contributed by atoms with van der Waals surface area (Å²) in [5.74, 6) is -0.193. The van der Waals surface area contributed by atoms with E-state index in [-0.39, 0.29) is 23.1 Å². The third-order valence-corrected chi connectivity index (χ3v) is 7.56. The van der Waals surface area contributed by atoms with E-state index in [9.17, 15) is 9.59 Å². The Bertz CT molecular complexity index is 1400. The van der Waals surface area contributed by atoms with Crippen LogP contribution in [0.4, 0.5) is 0 Å². The average molecular weight is 609 g/mol. The fourth-order valence-electron chi connectivity index (χ4n) is 3.69. The molecule has 3 aromatic rings. The highest BCUT2D eigenvalue weighted by molar-refractivity contribution is 14.1. The molecule has 8 heteroatoms.